The summed E-state index contributed by atoms with van der Waals surface area (Å²) in [7, 11) is 0. The first-order chi connectivity index (χ1) is 12.9. The van der Waals surface area contributed by atoms with Crippen molar-refractivity contribution < 1.29 is 87.2 Å². The molecule has 0 spiro atoms. The molecule has 0 aliphatic carbocycles. The van der Waals surface area contributed by atoms with Crippen LogP contribution >= 0.6 is 0 Å². The maximum atomic E-state index is 12.6. The SMILES string of the molecule is CC(C)C(=O)CCC(=O)N(CCOCCOCCC(=O)O)C1CC[N-]CC1.[Rb+]. The first kappa shape index (κ1) is 28.3. The van der Waals surface area contributed by atoms with Crippen molar-refractivity contribution in [3.63, 3.8) is 0 Å². The molecule has 0 radical (unpaired) electrons. The molecule has 0 aromatic rings. The van der Waals surface area contributed by atoms with Crippen LogP contribution in [0.2, 0.25) is 0 Å². The van der Waals surface area contributed by atoms with Gasteiger partial charge in [0.1, 0.15) is 5.78 Å². The van der Waals surface area contributed by atoms with Gasteiger partial charge in [-0.25, -0.2) is 0 Å². The molecule has 1 N–H and O–H groups in total. The van der Waals surface area contributed by atoms with Gasteiger partial charge in [-0.15, -0.1) is 13.1 Å². The van der Waals surface area contributed by atoms with Gasteiger partial charge in [-0.1, -0.05) is 26.7 Å². The van der Waals surface area contributed by atoms with E-state index in [1.165, 1.54) is 0 Å². The Balaban J connectivity index is 0.00000729. The van der Waals surface area contributed by atoms with Gasteiger partial charge in [-0.05, 0) is 0 Å². The molecule has 28 heavy (non-hydrogen) atoms. The van der Waals surface area contributed by atoms with Crippen LogP contribution in [-0.4, -0.2) is 79.8 Å². The third-order valence-corrected chi connectivity index (χ3v) is 4.54. The second-order valence-electron chi connectivity index (χ2n) is 6.98. The third-order valence-electron chi connectivity index (χ3n) is 4.54. The molecule has 1 amide bonds. The molecule has 0 atom stereocenters. The first-order valence-electron chi connectivity index (χ1n) is 9.74. The largest absolute Gasteiger partial charge is 1.00 e. The number of ketones is 1. The van der Waals surface area contributed by atoms with Crippen LogP contribution in [0.5, 0.6) is 0 Å². The van der Waals surface area contributed by atoms with E-state index in [0.29, 0.717) is 26.4 Å². The Kier molecular flexibility index (Phi) is 17.2. The van der Waals surface area contributed by atoms with E-state index in [1.54, 1.807) is 0 Å². The van der Waals surface area contributed by atoms with Gasteiger partial charge in [0.25, 0.3) is 0 Å². The van der Waals surface area contributed by atoms with E-state index in [2.05, 4.69) is 5.32 Å². The van der Waals surface area contributed by atoms with Gasteiger partial charge in [0.15, 0.2) is 0 Å². The summed E-state index contributed by atoms with van der Waals surface area (Å²) in [4.78, 5) is 36.7. The van der Waals surface area contributed by atoms with E-state index in [1.807, 2.05) is 18.7 Å². The van der Waals surface area contributed by atoms with Crippen LogP contribution < -0.4 is 58.2 Å². The third kappa shape index (κ3) is 12.8. The zero-order valence-electron chi connectivity index (χ0n) is 17.5. The molecule has 0 aromatic heterocycles. The fraction of sp³-hybridized carbons (Fsp3) is 0.842. The number of carbonyl (C=O) groups is 3. The first-order valence-corrected chi connectivity index (χ1v) is 9.74. The van der Waals surface area contributed by atoms with Crippen molar-refractivity contribution >= 4 is 17.7 Å². The number of nitrogens with zero attached hydrogens (tertiary/aromatic N) is 2. The van der Waals surface area contributed by atoms with Crippen molar-refractivity contribution in [2.75, 3.05) is 46.1 Å². The maximum absolute atomic E-state index is 12.6. The van der Waals surface area contributed by atoms with Gasteiger partial charge in [-0.2, -0.15) is 0 Å². The molecular weight excluding hydrogens is 438 g/mol. The summed E-state index contributed by atoms with van der Waals surface area (Å²) < 4.78 is 10.7. The number of Topliss-reactive ketones (excluding diaryl/α,β-unsaturated/α-hetero) is 1. The van der Waals surface area contributed by atoms with E-state index in [4.69, 9.17) is 14.6 Å². The van der Waals surface area contributed by atoms with Crippen LogP contribution in [0.1, 0.15) is 46.0 Å². The molecule has 1 aliphatic rings. The molecule has 0 aromatic carbocycles. The van der Waals surface area contributed by atoms with Crippen LogP contribution in [0.25, 0.3) is 5.32 Å². The average molecular weight is 471 g/mol. The molecule has 1 heterocycles. The van der Waals surface area contributed by atoms with Gasteiger partial charge in [0.2, 0.25) is 5.91 Å². The van der Waals surface area contributed by atoms with Crippen LogP contribution in [-0.2, 0) is 23.9 Å². The zero-order valence-corrected chi connectivity index (χ0v) is 22.4. The van der Waals surface area contributed by atoms with Crippen LogP contribution in [0, 0.1) is 5.92 Å². The quantitative estimate of drug-likeness (QED) is 0.322. The fourth-order valence-corrected chi connectivity index (χ4v) is 2.87. The van der Waals surface area contributed by atoms with Crippen molar-refractivity contribution in [1.82, 2.24) is 4.90 Å². The Morgan fingerprint density at radius 2 is 1.61 bits per heavy atom. The minimum atomic E-state index is -0.889. The Morgan fingerprint density at radius 3 is 2.18 bits per heavy atom. The van der Waals surface area contributed by atoms with Gasteiger partial charge in [0, 0.05) is 31.3 Å². The topological polar surface area (TPSA) is 107 Å². The Morgan fingerprint density at radius 1 is 1.00 bits per heavy atom. The number of carbonyl (C=O) groups excluding carboxylic acids is 2. The number of aliphatic carboxylic acids is 1. The van der Waals surface area contributed by atoms with Crippen LogP contribution in [0.3, 0.4) is 0 Å². The minimum Gasteiger partial charge on any atom is -0.662 e. The van der Waals surface area contributed by atoms with Crippen LogP contribution in [0.15, 0.2) is 0 Å². The van der Waals surface area contributed by atoms with Crippen molar-refractivity contribution in [3.8, 4) is 0 Å². The summed E-state index contributed by atoms with van der Waals surface area (Å²) in [6.45, 7) is 6.93. The molecule has 0 unspecified atom stereocenters. The minimum absolute atomic E-state index is 0. The molecular formula is C19H33N2O6Rb. The van der Waals surface area contributed by atoms with Gasteiger partial charge in [-0.3, -0.25) is 14.4 Å². The summed E-state index contributed by atoms with van der Waals surface area (Å²) in [5.41, 5.74) is 0. The molecule has 1 saturated heterocycles. The molecule has 0 bridgehead atoms. The molecule has 8 nitrogen and oxygen atoms in total. The standard InChI is InChI=1S/C19H33N2O6.Rb/c1-15(2)17(22)3-4-18(23)21(16-5-8-20-9-6-16)10-12-27-14-13-26-11-7-19(24)25;/h15-16H,3-14H2,1-2H3,(H,24,25);/q-1;+1. The molecule has 9 heteroatoms. The smallest absolute Gasteiger partial charge is 0.662 e. The Bertz CT molecular complexity index is 469. The van der Waals surface area contributed by atoms with Crippen molar-refractivity contribution in [2.45, 2.75) is 52.0 Å². The van der Waals surface area contributed by atoms with Crippen molar-refractivity contribution in [2.24, 2.45) is 5.92 Å². The monoisotopic (exact) mass is 470 g/mol. The second kappa shape index (κ2) is 17.0. The number of ether oxygens (including phenoxy) is 2. The molecule has 156 valence electrons. The predicted octanol–water partition coefficient (Wildman–Crippen LogP) is -1.13. The zero-order chi connectivity index (χ0) is 20.1. The maximum Gasteiger partial charge on any atom is 1.00 e. The summed E-state index contributed by atoms with van der Waals surface area (Å²) >= 11 is 0. The normalized spacial score (nSPS) is 14.5. The van der Waals surface area contributed by atoms with E-state index in [9.17, 15) is 14.4 Å². The van der Waals surface area contributed by atoms with Gasteiger partial charge >= 0.3 is 64.2 Å². The number of amides is 1. The van der Waals surface area contributed by atoms with E-state index >= 15 is 0 Å². The summed E-state index contributed by atoms with van der Waals surface area (Å²) in [6.07, 6.45) is 2.19. The van der Waals surface area contributed by atoms with Crippen LogP contribution in [0.4, 0.5) is 0 Å². The molecule has 1 rings (SSSR count). The summed E-state index contributed by atoms with van der Waals surface area (Å²) in [6, 6.07) is 0.152. The number of carboxylic acids is 1. The van der Waals surface area contributed by atoms with Crippen molar-refractivity contribution in [1.29, 1.82) is 0 Å². The predicted molar refractivity (Wildman–Crippen MR) is 101 cm³/mol. The Hall–Kier alpha value is 0.295. The molecule has 1 fully saturated rings. The number of hydrogen-bond donors (Lipinski definition) is 1. The van der Waals surface area contributed by atoms with E-state index in [0.717, 1.165) is 25.9 Å². The van der Waals surface area contributed by atoms with Gasteiger partial charge in [0.05, 0.1) is 32.8 Å². The number of carboxylic acid groups (broad SMARTS) is 1. The summed E-state index contributed by atoms with van der Waals surface area (Å²) in [5, 5.41) is 12.9. The van der Waals surface area contributed by atoms with Crippen molar-refractivity contribution in [3.05, 3.63) is 5.32 Å². The number of rotatable bonds is 14. The molecule has 1 aliphatic heterocycles. The number of hydrogen-bond acceptors (Lipinski definition) is 5. The number of piperidine rings is 1. The van der Waals surface area contributed by atoms with E-state index in [-0.39, 0.29) is 108 Å². The fourth-order valence-electron chi connectivity index (χ4n) is 2.87. The molecule has 0 saturated carbocycles. The van der Waals surface area contributed by atoms with Gasteiger partial charge < -0.3 is 24.8 Å². The average Bonchev–Trinajstić information content (AvgIpc) is 2.65. The summed E-state index contributed by atoms with van der Waals surface area (Å²) in [5.74, 6) is -0.835. The van der Waals surface area contributed by atoms with E-state index < -0.39 is 5.97 Å². The second-order valence-corrected chi connectivity index (χ2v) is 6.98. The Labute approximate surface area is 216 Å².